The van der Waals surface area contributed by atoms with Crippen molar-refractivity contribution in [2.75, 3.05) is 39.8 Å². The average molecular weight is 252 g/mol. The Balaban J connectivity index is 2.33. The Hall–Kier alpha value is -0.630. The largest absolute Gasteiger partial charge is 0.302 e. The van der Waals surface area contributed by atoms with Crippen LogP contribution in [0.2, 0.25) is 0 Å². The van der Waals surface area contributed by atoms with Crippen LogP contribution in [0.25, 0.3) is 0 Å². The molecule has 1 aliphatic heterocycles. The molecular formula is C14H28N4. The smallest absolute Gasteiger partial charge is 0.0965 e. The quantitative estimate of drug-likeness (QED) is 0.773. The van der Waals surface area contributed by atoms with Crippen molar-refractivity contribution in [1.29, 1.82) is 5.26 Å². The van der Waals surface area contributed by atoms with Gasteiger partial charge >= 0.3 is 0 Å². The predicted molar refractivity (Wildman–Crippen MR) is 75.5 cm³/mol. The van der Waals surface area contributed by atoms with E-state index in [1.165, 1.54) is 0 Å². The first-order valence-electron chi connectivity index (χ1n) is 7.06. The Labute approximate surface area is 112 Å². The number of hydrogen-bond acceptors (Lipinski definition) is 4. The molecule has 1 rings (SSSR count). The fourth-order valence-electron chi connectivity index (χ4n) is 2.37. The molecule has 104 valence electrons. The van der Waals surface area contributed by atoms with Gasteiger partial charge in [0.05, 0.1) is 12.1 Å². The van der Waals surface area contributed by atoms with Gasteiger partial charge in [0.1, 0.15) is 0 Å². The van der Waals surface area contributed by atoms with Crippen molar-refractivity contribution in [1.82, 2.24) is 15.1 Å². The number of likely N-dealkylation sites (N-methyl/N-ethyl adjacent to an activating group) is 1. The molecule has 18 heavy (non-hydrogen) atoms. The first-order valence-corrected chi connectivity index (χ1v) is 7.06. The zero-order valence-corrected chi connectivity index (χ0v) is 12.4. The van der Waals surface area contributed by atoms with Crippen molar-refractivity contribution in [2.45, 2.75) is 45.2 Å². The summed E-state index contributed by atoms with van der Waals surface area (Å²) in [6.45, 7) is 12.0. The second-order valence-corrected chi connectivity index (χ2v) is 5.93. The standard InChI is InChI=1S/C14H28N4/c1-5-7-16-13(11-15)6-8-18-10-9-17(4)14(2,3)12-18/h13,16H,5-10,12H2,1-4H3. The van der Waals surface area contributed by atoms with Gasteiger partial charge in [-0.15, -0.1) is 0 Å². The summed E-state index contributed by atoms with van der Waals surface area (Å²) in [4.78, 5) is 4.90. The predicted octanol–water partition coefficient (Wildman–Crippen LogP) is 1.29. The fourth-order valence-corrected chi connectivity index (χ4v) is 2.37. The molecule has 1 N–H and O–H groups in total. The summed E-state index contributed by atoms with van der Waals surface area (Å²) in [7, 11) is 2.19. The lowest BCUT2D eigenvalue weighted by Gasteiger charge is -2.45. The number of nitrogens with one attached hydrogen (secondary N) is 1. The van der Waals surface area contributed by atoms with Gasteiger partial charge in [0.15, 0.2) is 0 Å². The van der Waals surface area contributed by atoms with Crippen molar-refractivity contribution < 1.29 is 0 Å². The van der Waals surface area contributed by atoms with Gasteiger partial charge in [0.25, 0.3) is 0 Å². The van der Waals surface area contributed by atoms with Gasteiger partial charge in [0, 0.05) is 31.7 Å². The molecular weight excluding hydrogens is 224 g/mol. The molecule has 0 aliphatic carbocycles. The summed E-state index contributed by atoms with van der Waals surface area (Å²) < 4.78 is 0. The van der Waals surface area contributed by atoms with E-state index in [0.717, 1.165) is 45.6 Å². The minimum Gasteiger partial charge on any atom is -0.302 e. The van der Waals surface area contributed by atoms with E-state index in [4.69, 9.17) is 5.26 Å². The van der Waals surface area contributed by atoms with Crippen LogP contribution in [0.1, 0.15) is 33.6 Å². The number of piperazine rings is 1. The van der Waals surface area contributed by atoms with E-state index in [-0.39, 0.29) is 11.6 Å². The molecule has 1 unspecified atom stereocenters. The van der Waals surface area contributed by atoms with E-state index in [1.54, 1.807) is 0 Å². The van der Waals surface area contributed by atoms with Crippen molar-refractivity contribution in [2.24, 2.45) is 0 Å². The average Bonchev–Trinajstić information content (AvgIpc) is 2.33. The van der Waals surface area contributed by atoms with E-state index in [2.05, 4.69) is 49.0 Å². The van der Waals surface area contributed by atoms with Crippen LogP contribution in [-0.2, 0) is 0 Å². The van der Waals surface area contributed by atoms with Crippen LogP contribution >= 0.6 is 0 Å². The molecule has 1 atom stereocenters. The maximum atomic E-state index is 9.09. The molecule has 1 aliphatic rings. The molecule has 0 aromatic heterocycles. The topological polar surface area (TPSA) is 42.3 Å². The lowest BCUT2D eigenvalue weighted by atomic mass is 9.99. The van der Waals surface area contributed by atoms with Crippen molar-refractivity contribution in [3.63, 3.8) is 0 Å². The van der Waals surface area contributed by atoms with Crippen LogP contribution in [-0.4, -0.2) is 61.2 Å². The van der Waals surface area contributed by atoms with E-state index < -0.39 is 0 Å². The van der Waals surface area contributed by atoms with Crippen LogP contribution in [0, 0.1) is 11.3 Å². The third-order valence-corrected chi connectivity index (χ3v) is 3.93. The number of nitrogens with zero attached hydrogens (tertiary/aromatic N) is 3. The zero-order valence-electron chi connectivity index (χ0n) is 12.4. The summed E-state index contributed by atoms with van der Waals surface area (Å²) in [5.41, 5.74) is 0.247. The third kappa shape index (κ3) is 4.56. The fraction of sp³-hybridized carbons (Fsp3) is 0.929. The highest BCUT2D eigenvalue weighted by atomic mass is 15.3. The van der Waals surface area contributed by atoms with Gasteiger partial charge in [-0.1, -0.05) is 6.92 Å². The second kappa shape index (κ2) is 7.08. The minimum absolute atomic E-state index is 0.00715. The Bertz CT molecular complexity index is 282. The summed E-state index contributed by atoms with van der Waals surface area (Å²) in [5.74, 6) is 0. The van der Waals surface area contributed by atoms with Crippen LogP contribution in [0.4, 0.5) is 0 Å². The molecule has 4 heteroatoms. The number of rotatable bonds is 6. The maximum absolute atomic E-state index is 9.09. The van der Waals surface area contributed by atoms with Gasteiger partial charge < -0.3 is 10.2 Å². The zero-order chi connectivity index (χ0) is 13.6. The van der Waals surface area contributed by atoms with Crippen molar-refractivity contribution in [3.05, 3.63) is 0 Å². The summed E-state index contributed by atoms with van der Waals surface area (Å²) in [6.07, 6.45) is 2.01. The highest BCUT2D eigenvalue weighted by Gasteiger charge is 2.30. The lowest BCUT2D eigenvalue weighted by molar-refractivity contribution is 0.0389. The van der Waals surface area contributed by atoms with Crippen LogP contribution in [0.5, 0.6) is 0 Å². The molecule has 1 saturated heterocycles. The first-order chi connectivity index (χ1) is 8.49. The van der Waals surface area contributed by atoms with Gasteiger partial charge in [-0.3, -0.25) is 4.90 Å². The van der Waals surface area contributed by atoms with Crippen molar-refractivity contribution in [3.8, 4) is 6.07 Å². The number of nitriles is 1. The number of hydrogen-bond donors (Lipinski definition) is 1. The van der Waals surface area contributed by atoms with Crippen LogP contribution in [0.3, 0.4) is 0 Å². The molecule has 1 fully saturated rings. The molecule has 1 heterocycles. The molecule has 0 aromatic rings. The molecule has 0 bridgehead atoms. The Morgan fingerprint density at radius 3 is 2.67 bits per heavy atom. The summed E-state index contributed by atoms with van der Waals surface area (Å²) in [5, 5.41) is 12.4. The monoisotopic (exact) mass is 252 g/mol. The molecule has 0 amide bonds. The van der Waals surface area contributed by atoms with Crippen LogP contribution < -0.4 is 5.32 Å². The highest BCUT2D eigenvalue weighted by Crippen LogP contribution is 2.18. The third-order valence-electron chi connectivity index (χ3n) is 3.93. The molecule has 0 radical (unpaired) electrons. The Morgan fingerprint density at radius 2 is 2.11 bits per heavy atom. The van der Waals surface area contributed by atoms with E-state index >= 15 is 0 Å². The molecule has 0 spiro atoms. The van der Waals surface area contributed by atoms with E-state index in [9.17, 15) is 0 Å². The van der Waals surface area contributed by atoms with E-state index in [1.807, 2.05) is 0 Å². The van der Waals surface area contributed by atoms with Gasteiger partial charge in [0.2, 0.25) is 0 Å². The Morgan fingerprint density at radius 1 is 1.39 bits per heavy atom. The highest BCUT2D eigenvalue weighted by molar-refractivity contribution is 4.92. The Kier molecular flexibility index (Phi) is 6.07. The second-order valence-electron chi connectivity index (χ2n) is 5.93. The van der Waals surface area contributed by atoms with Gasteiger partial charge in [-0.2, -0.15) is 5.26 Å². The van der Waals surface area contributed by atoms with Gasteiger partial charge in [-0.05, 0) is 40.3 Å². The SMILES string of the molecule is CCCNC(C#N)CCN1CCN(C)C(C)(C)C1. The maximum Gasteiger partial charge on any atom is 0.0965 e. The van der Waals surface area contributed by atoms with Crippen LogP contribution in [0.15, 0.2) is 0 Å². The lowest BCUT2D eigenvalue weighted by Crippen LogP contribution is -2.57. The first kappa shape index (κ1) is 15.4. The normalized spacial score (nSPS) is 22.6. The summed E-state index contributed by atoms with van der Waals surface area (Å²) >= 11 is 0. The molecule has 0 aromatic carbocycles. The minimum atomic E-state index is 0.00715. The van der Waals surface area contributed by atoms with Crippen molar-refractivity contribution >= 4 is 0 Å². The molecule has 4 nitrogen and oxygen atoms in total. The summed E-state index contributed by atoms with van der Waals surface area (Å²) in [6, 6.07) is 2.36. The van der Waals surface area contributed by atoms with E-state index in [0.29, 0.717) is 0 Å². The molecule has 0 saturated carbocycles. The van der Waals surface area contributed by atoms with Gasteiger partial charge in [-0.25, -0.2) is 0 Å².